The Morgan fingerprint density at radius 1 is 1.29 bits per heavy atom. The Kier molecular flexibility index (Phi) is 5.33. The van der Waals surface area contributed by atoms with Gasteiger partial charge in [-0.3, -0.25) is 0 Å². The van der Waals surface area contributed by atoms with Crippen molar-refractivity contribution in [3.05, 3.63) is 30.2 Å². The minimum Gasteiger partial charge on any atom is -0.493 e. The maximum atomic E-state index is 9.94. The minimum absolute atomic E-state index is 0.377. The molecule has 0 aliphatic carbocycles. The highest BCUT2D eigenvalue weighted by Gasteiger charge is 2.16. The number of hydrogen-bond donors (Lipinski definition) is 1. The van der Waals surface area contributed by atoms with Crippen LogP contribution in [0.1, 0.15) is 33.1 Å². The first-order valence-corrected chi connectivity index (χ1v) is 7.33. The summed E-state index contributed by atoms with van der Waals surface area (Å²) in [6.45, 7) is 6.65. The van der Waals surface area contributed by atoms with Crippen LogP contribution in [-0.2, 0) is 6.42 Å². The Labute approximate surface area is 125 Å². The molecule has 0 amide bonds. The molecule has 0 saturated heterocycles. The molecule has 0 radical (unpaired) electrons. The molecule has 0 bridgehead atoms. The number of aliphatic hydroxyl groups excluding tert-OH is 1. The van der Waals surface area contributed by atoms with E-state index in [4.69, 9.17) is 9.26 Å². The quantitative estimate of drug-likeness (QED) is 0.848. The van der Waals surface area contributed by atoms with Crippen LogP contribution in [0.25, 0.3) is 11.4 Å². The van der Waals surface area contributed by atoms with E-state index in [-0.39, 0.29) is 0 Å². The first-order chi connectivity index (χ1) is 10.1. The first-order valence-electron chi connectivity index (χ1n) is 7.33. The predicted molar refractivity (Wildman–Crippen MR) is 80.1 cm³/mol. The van der Waals surface area contributed by atoms with E-state index in [1.165, 1.54) is 0 Å². The summed E-state index contributed by atoms with van der Waals surface area (Å²) in [5.74, 6) is 2.10. The van der Waals surface area contributed by atoms with Crippen molar-refractivity contribution in [2.45, 2.75) is 39.7 Å². The monoisotopic (exact) mass is 290 g/mol. The van der Waals surface area contributed by atoms with Gasteiger partial charge in [-0.15, -0.1) is 0 Å². The molecule has 1 N–H and O–H groups in total. The molecule has 114 valence electrons. The van der Waals surface area contributed by atoms with E-state index in [0.29, 0.717) is 37.1 Å². The van der Waals surface area contributed by atoms with Gasteiger partial charge in [0.15, 0.2) is 0 Å². The van der Waals surface area contributed by atoms with Gasteiger partial charge in [0.25, 0.3) is 0 Å². The maximum Gasteiger partial charge on any atom is 0.229 e. The van der Waals surface area contributed by atoms with Crippen molar-refractivity contribution in [2.75, 3.05) is 6.61 Å². The number of aliphatic hydroxyl groups is 1. The zero-order chi connectivity index (χ0) is 15.2. The molecule has 1 aromatic carbocycles. The van der Waals surface area contributed by atoms with E-state index in [0.717, 1.165) is 11.3 Å². The van der Waals surface area contributed by atoms with Crippen LogP contribution in [0, 0.1) is 5.92 Å². The summed E-state index contributed by atoms with van der Waals surface area (Å²) in [4.78, 5) is 4.35. The Balaban J connectivity index is 2.13. The van der Waals surface area contributed by atoms with Gasteiger partial charge in [-0.25, -0.2) is 0 Å². The Morgan fingerprint density at radius 3 is 2.76 bits per heavy atom. The molecule has 5 nitrogen and oxygen atoms in total. The van der Waals surface area contributed by atoms with Crippen molar-refractivity contribution in [3.8, 4) is 17.1 Å². The van der Waals surface area contributed by atoms with Crippen LogP contribution in [0.3, 0.4) is 0 Å². The molecular formula is C16H22N2O3. The molecular weight excluding hydrogens is 268 g/mol. The molecule has 1 unspecified atom stereocenters. The van der Waals surface area contributed by atoms with Gasteiger partial charge in [0.1, 0.15) is 5.75 Å². The second kappa shape index (κ2) is 7.22. The third-order valence-electron chi connectivity index (χ3n) is 3.05. The van der Waals surface area contributed by atoms with Gasteiger partial charge in [-0.05, 0) is 31.4 Å². The molecule has 0 spiro atoms. The third-order valence-corrected chi connectivity index (χ3v) is 3.05. The summed E-state index contributed by atoms with van der Waals surface area (Å²) >= 11 is 0. The summed E-state index contributed by atoms with van der Waals surface area (Å²) in [5.41, 5.74) is 0.799. The molecule has 0 fully saturated rings. The first kappa shape index (κ1) is 15.5. The zero-order valence-electron chi connectivity index (χ0n) is 12.7. The summed E-state index contributed by atoms with van der Waals surface area (Å²) in [7, 11) is 0. The van der Waals surface area contributed by atoms with Crippen LogP contribution >= 0.6 is 0 Å². The Morgan fingerprint density at radius 2 is 2.05 bits per heavy atom. The fourth-order valence-electron chi connectivity index (χ4n) is 2.21. The van der Waals surface area contributed by atoms with Crippen molar-refractivity contribution >= 4 is 0 Å². The van der Waals surface area contributed by atoms with Gasteiger partial charge < -0.3 is 14.4 Å². The average molecular weight is 290 g/mol. The number of rotatable bonds is 7. The van der Waals surface area contributed by atoms with Crippen molar-refractivity contribution in [1.82, 2.24) is 10.1 Å². The van der Waals surface area contributed by atoms with Crippen LogP contribution in [0.4, 0.5) is 0 Å². The van der Waals surface area contributed by atoms with Gasteiger partial charge in [-0.1, -0.05) is 31.1 Å². The molecule has 1 aromatic heterocycles. The number of para-hydroxylation sites is 1. The molecule has 0 aliphatic rings. The van der Waals surface area contributed by atoms with E-state index in [9.17, 15) is 5.11 Å². The molecule has 0 aliphatic heterocycles. The Bertz CT molecular complexity index is 566. The van der Waals surface area contributed by atoms with E-state index >= 15 is 0 Å². The fourth-order valence-corrected chi connectivity index (χ4v) is 2.21. The van der Waals surface area contributed by atoms with Crippen LogP contribution in [0.5, 0.6) is 5.75 Å². The van der Waals surface area contributed by atoms with E-state index < -0.39 is 6.10 Å². The largest absolute Gasteiger partial charge is 0.493 e. The van der Waals surface area contributed by atoms with Crippen LogP contribution < -0.4 is 4.74 Å². The van der Waals surface area contributed by atoms with Crippen LogP contribution in [0.2, 0.25) is 0 Å². The lowest BCUT2D eigenvalue weighted by molar-refractivity contribution is 0.138. The number of hydrogen-bond acceptors (Lipinski definition) is 5. The molecule has 1 heterocycles. The van der Waals surface area contributed by atoms with Gasteiger partial charge in [0.05, 0.1) is 24.7 Å². The fraction of sp³-hybridized carbons (Fsp3) is 0.500. The van der Waals surface area contributed by atoms with E-state index in [2.05, 4.69) is 24.0 Å². The van der Waals surface area contributed by atoms with Gasteiger partial charge in [0.2, 0.25) is 11.7 Å². The second-order valence-electron chi connectivity index (χ2n) is 5.43. The second-order valence-corrected chi connectivity index (χ2v) is 5.43. The summed E-state index contributed by atoms with van der Waals surface area (Å²) in [5, 5.41) is 13.9. The van der Waals surface area contributed by atoms with E-state index in [1.807, 2.05) is 31.2 Å². The molecule has 0 saturated carbocycles. The van der Waals surface area contributed by atoms with Crippen LogP contribution in [0.15, 0.2) is 28.8 Å². The Hall–Kier alpha value is -1.88. The highest BCUT2D eigenvalue weighted by molar-refractivity contribution is 5.63. The topological polar surface area (TPSA) is 68.4 Å². The molecule has 2 rings (SSSR count). The zero-order valence-corrected chi connectivity index (χ0v) is 12.7. The van der Waals surface area contributed by atoms with Gasteiger partial charge in [-0.2, -0.15) is 4.98 Å². The van der Waals surface area contributed by atoms with Gasteiger partial charge >= 0.3 is 0 Å². The lowest BCUT2D eigenvalue weighted by Gasteiger charge is -2.09. The van der Waals surface area contributed by atoms with Crippen molar-refractivity contribution in [1.29, 1.82) is 0 Å². The molecule has 2 aromatic rings. The number of benzene rings is 1. The predicted octanol–water partition coefficient (Wildman–Crippen LogP) is 3.08. The van der Waals surface area contributed by atoms with E-state index in [1.54, 1.807) is 0 Å². The molecule has 1 atom stereocenters. The number of nitrogens with zero attached hydrogens (tertiary/aromatic N) is 2. The summed E-state index contributed by atoms with van der Waals surface area (Å²) < 4.78 is 10.8. The SMILES string of the molecule is CCOc1ccccc1-c1noc(CC(O)CC(C)C)n1. The van der Waals surface area contributed by atoms with Crippen LogP contribution in [-0.4, -0.2) is 28.0 Å². The highest BCUT2D eigenvalue weighted by atomic mass is 16.5. The average Bonchev–Trinajstić information content (AvgIpc) is 2.87. The van der Waals surface area contributed by atoms with Crippen molar-refractivity contribution in [3.63, 3.8) is 0 Å². The van der Waals surface area contributed by atoms with Crippen molar-refractivity contribution < 1.29 is 14.4 Å². The van der Waals surface area contributed by atoms with Gasteiger partial charge in [0, 0.05) is 0 Å². The normalized spacial score (nSPS) is 12.6. The standard InChI is InChI=1S/C16H22N2O3/c1-4-20-14-8-6-5-7-13(14)16-17-15(21-18-16)10-12(19)9-11(2)3/h5-8,11-12,19H,4,9-10H2,1-3H3. The summed E-state index contributed by atoms with van der Waals surface area (Å²) in [6.07, 6.45) is 0.635. The third kappa shape index (κ3) is 4.29. The number of aromatic nitrogens is 2. The lowest BCUT2D eigenvalue weighted by Crippen LogP contribution is -2.13. The number of ether oxygens (including phenoxy) is 1. The smallest absolute Gasteiger partial charge is 0.229 e. The molecule has 5 heteroatoms. The lowest BCUT2D eigenvalue weighted by atomic mass is 10.0. The molecule has 21 heavy (non-hydrogen) atoms. The van der Waals surface area contributed by atoms with Crippen molar-refractivity contribution in [2.24, 2.45) is 5.92 Å². The maximum absolute atomic E-state index is 9.94. The summed E-state index contributed by atoms with van der Waals surface area (Å²) in [6, 6.07) is 7.58. The highest BCUT2D eigenvalue weighted by Crippen LogP contribution is 2.27. The minimum atomic E-state index is -0.458.